The smallest absolute Gasteiger partial charge is 0.191 e. The number of thioether (sulfide) groups is 1. The molecular weight excluding hydrogens is 447 g/mol. The van der Waals surface area contributed by atoms with Gasteiger partial charge in [0.1, 0.15) is 0 Å². The highest BCUT2D eigenvalue weighted by Crippen LogP contribution is 2.15. The van der Waals surface area contributed by atoms with Crippen molar-refractivity contribution >= 4 is 41.7 Å². The molecule has 0 bridgehead atoms. The number of nitrogens with zero attached hydrogens (tertiary/aromatic N) is 2. The lowest BCUT2D eigenvalue weighted by Gasteiger charge is -2.29. The van der Waals surface area contributed by atoms with Crippen LogP contribution in [0, 0.1) is 5.92 Å². The van der Waals surface area contributed by atoms with E-state index in [0.29, 0.717) is 5.92 Å². The van der Waals surface area contributed by atoms with E-state index in [2.05, 4.69) is 51.7 Å². The molecule has 0 aliphatic carbocycles. The summed E-state index contributed by atoms with van der Waals surface area (Å²) in [4.78, 5) is 8.08. The quantitative estimate of drug-likeness (QED) is 0.198. The predicted molar refractivity (Wildman–Crippen MR) is 118 cm³/mol. The molecule has 7 heteroatoms. The fourth-order valence-electron chi connectivity index (χ4n) is 2.64. The van der Waals surface area contributed by atoms with Gasteiger partial charge < -0.3 is 15.4 Å². The third-order valence-corrected chi connectivity index (χ3v) is 4.94. The number of ether oxygens (including phenoxy) is 1. The number of halogens is 1. The van der Waals surface area contributed by atoms with Gasteiger partial charge in [-0.15, -0.1) is 35.7 Å². The number of guanidine groups is 1. The van der Waals surface area contributed by atoms with Crippen molar-refractivity contribution in [1.82, 2.24) is 15.5 Å². The molecule has 0 radical (unpaired) electrons. The number of hydrogen-bond donors (Lipinski definition) is 2. The van der Waals surface area contributed by atoms with Crippen LogP contribution in [0.1, 0.15) is 6.92 Å². The molecule has 1 saturated heterocycles. The van der Waals surface area contributed by atoms with Gasteiger partial charge in [-0.05, 0) is 18.1 Å². The van der Waals surface area contributed by atoms with Crippen molar-refractivity contribution in [2.45, 2.75) is 11.8 Å². The van der Waals surface area contributed by atoms with Crippen LogP contribution in [0.15, 0.2) is 40.2 Å². The maximum Gasteiger partial charge on any atom is 0.191 e. The van der Waals surface area contributed by atoms with Gasteiger partial charge in [0.05, 0.1) is 13.2 Å². The maximum absolute atomic E-state index is 5.40. The lowest BCUT2D eigenvalue weighted by molar-refractivity contribution is 0.0320. The van der Waals surface area contributed by atoms with Gasteiger partial charge in [0, 0.05) is 50.4 Å². The zero-order chi connectivity index (χ0) is 17.0. The van der Waals surface area contributed by atoms with Crippen LogP contribution in [0.2, 0.25) is 0 Å². The summed E-state index contributed by atoms with van der Waals surface area (Å²) in [6.45, 7) is 9.05. The fraction of sp³-hybridized carbons (Fsp3) is 0.611. The molecule has 1 aromatic rings. The van der Waals surface area contributed by atoms with Crippen LogP contribution >= 0.6 is 35.7 Å². The Hall–Kier alpha value is -0.510. The van der Waals surface area contributed by atoms with Crippen molar-refractivity contribution in [2.24, 2.45) is 10.9 Å². The summed E-state index contributed by atoms with van der Waals surface area (Å²) in [6.07, 6.45) is 0. The molecule has 1 atom stereocenters. The molecule has 0 saturated carbocycles. The van der Waals surface area contributed by atoms with Crippen LogP contribution in [0.4, 0.5) is 0 Å². The Morgan fingerprint density at radius 2 is 1.96 bits per heavy atom. The third-order valence-electron chi connectivity index (χ3n) is 3.92. The van der Waals surface area contributed by atoms with Gasteiger partial charge in [0.15, 0.2) is 5.96 Å². The van der Waals surface area contributed by atoms with Crippen molar-refractivity contribution in [2.75, 3.05) is 58.7 Å². The van der Waals surface area contributed by atoms with Crippen LogP contribution in [-0.2, 0) is 4.74 Å². The number of hydrogen-bond acceptors (Lipinski definition) is 4. The first kappa shape index (κ1) is 22.5. The van der Waals surface area contributed by atoms with E-state index in [1.165, 1.54) is 4.90 Å². The molecule has 1 unspecified atom stereocenters. The van der Waals surface area contributed by atoms with E-state index in [1.54, 1.807) is 0 Å². The Balaban J connectivity index is 0.00000312. The molecule has 142 valence electrons. The molecule has 25 heavy (non-hydrogen) atoms. The number of benzene rings is 1. The summed E-state index contributed by atoms with van der Waals surface area (Å²) in [6, 6.07) is 10.5. The van der Waals surface area contributed by atoms with E-state index < -0.39 is 0 Å². The second-order valence-electron chi connectivity index (χ2n) is 6.06. The van der Waals surface area contributed by atoms with Gasteiger partial charge in [-0.3, -0.25) is 9.89 Å². The van der Waals surface area contributed by atoms with Gasteiger partial charge in [0.25, 0.3) is 0 Å². The third kappa shape index (κ3) is 9.67. The minimum atomic E-state index is 0. The van der Waals surface area contributed by atoms with Gasteiger partial charge in [0.2, 0.25) is 0 Å². The second-order valence-corrected chi connectivity index (χ2v) is 7.23. The minimum absolute atomic E-state index is 0. The van der Waals surface area contributed by atoms with E-state index in [9.17, 15) is 0 Å². The van der Waals surface area contributed by atoms with Crippen molar-refractivity contribution in [3.05, 3.63) is 30.3 Å². The molecule has 5 nitrogen and oxygen atoms in total. The van der Waals surface area contributed by atoms with Crippen molar-refractivity contribution < 1.29 is 4.74 Å². The Morgan fingerprint density at radius 1 is 1.24 bits per heavy atom. The number of morpholine rings is 1. The summed E-state index contributed by atoms with van der Waals surface area (Å²) < 4.78 is 5.40. The van der Waals surface area contributed by atoms with Gasteiger partial charge in [-0.2, -0.15) is 0 Å². The molecule has 1 fully saturated rings. The maximum atomic E-state index is 5.40. The molecule has 0 amide bonds. The molecular formula is C18H31IN4OS. The molecule has 0 aromatic heterocycles. The van der Waals surface area contributed by atoms with Crippen LogP contribution in [0.3, 0.4) is 0 Å². The Kier molecular flexibility index (Phi) is 12.3. The van der Waals surface area contributed by atoms with E-state index in [-0.39, 0.29) is 24.0 Å². The first-order chi connectivity index (χ1) is 11.8. The van der Waals surface area contributed by atoms with Crippen LogP contribution in [0.5, 0.6) is 0 Å². The summed E-state index contributed by atoms with van der Waals surface area (Å²) >= 11 is 1.86. The summed E-state index contributed by atoms with van der Waals surface area (Å²) in [5, 5.41) is 6.81. The van der Waals surface area contributed by atoms with Crippen molar-refractivity contribution in [1.29, 1.82) is 0 Å². The summed E-state index contributed by atoms with van der Waals surface area (Å²) in [7, 11) is 1.83. The average molecular weight is 478 g/mol. The highest BCUT2D eigenvalue weighted by molar-refractivity contribution is 14.0. The molecule has 1 aliphatic rings. The first-order valence-corrected chi connectivity index (χ1v) is 9.69. The Morgan fingerprint density at radius 3 is 2.64 bits per heavy atom. The zero-order valence-corrected chi connectivity index (χ0v) is 18.4. The normalized spacial score (nSPS) is 16.8. The molecule has 1 aromatic carbocycles. The highest BCUT2D eigenvalue weighted by atomic mass is 127. The minimum Gasteiger partial charge on any atom is -0.379 e. The van der Waals surface area contributed by atoms with E-state index >= 15 is 0 Å². The second kappa shape index (κ2) is 13.7. The van der Waals surface area contributed by atoms with Gasteiger partial charge >= 0.3 is 0 Å². The van der Waals surface area contributed by atoms with Crippen LogP contribution < -0.4 is 10.6 Å². The molecule has 1 heterocycles. The van der Waals surface area contributed by atoms with Crippen LogP contribution in [-0.4, -0.2) is 69.6 Å². The number of rotatable bonds is 8. The van der Waals surface area contributed by atoms with Crippen molar-refractivity contribution in [3.63, 3.8) is 0 Å². The van der Waals surface area contributed by atoms with Gasteiger partial charge in [-0.1, -0.05) is 25.1 Å². The Bertz CT molecular complexity index is 483. The topological polar surface area (TPSA) is 48.9 Å². The van der Waals surface area contributed by atoms with E-state index in [1.807, 2.05) is 24.9 Å². The van der Waals surface area contributed by atoms with E-state index in [0.717, 1.165) is 57.6 Å². The molecule has 0 spiro atoms. The largest absolute Gasteiger partial charge is 0.379 e. The predicted octanol–water partition coefficient (Wildman–Crippen LogP) is 2.53. The van der Waals surface area contributed by atoms with Crippen molar-refractivity contribution in [3.8, 4) is 0 Å². The van der Waals surface area contributed by atoms with E-state index in [4.69, 9.17) is 4.74 Å². The first-order valence-electron chi connectivity index (χ1n) is 8.70. The fourth-order valence-corrected chi connectivity index (χ4v) is 3.43. The molecule has 2 rings (SSSR count). The number of nitrogens with one attached hydrogen (secondary N) is 2. The zero-order valence-electron chi connectivity index (χ0n) is 15.2. The lowest BCUT2D eigenvalue weighted by Crippen LogP contribution is -2.44. The van der Waals surface area contributed by atoms with Gasteiger partial charge in [-0.25, -0.2) is 0 Å². The monoisotopic (exact) mass is 478 g/mol. The standard InChI is InChI=1S/C18H30N4OS.HI/c1-16(15-22-9-11-23-12-10-22)14-21-18(19-2)20-8-13-24-17-6-4-3-5-7-17;/h3-7,16H,8-15H2,1-2H3,(H2,19,20,21);1H. The summed E-state index contributed by atoms with van der Waals surface area (Å²) in [5.41, 5.74) is 0. The molecule has 1 aliphatic heterocycles. The average Bonchev–Trinajstić information content (AvgIpc) is 2.63. The molecule has 2 N–H and O–H groups in total. The number of aliphatic imine (C=N–C) groups is 1. The Labute approximate surface area is 173 Å². The van der Waals surface area contributed by atoms with Crippen LogP contribution in [0.25, 0.3) is 0 Å². The highest BCUT2D eigenvalue weighted by Gasteiger charge is 2.13. The lowest BCUT2D eigenvalue weighted by atomic mass is 10.1. The summed E-state index contributed by atoms with van der Waals surface area (Å²) in [5.74, 6) is 2.49. The SMILES string of the molecule is CN=C(NCCSc1ccccc1)NCC(C)CN1CCOCC1.I.